The Morgan fingerprint density at radius 2 is 0.750 bits per heavy atom. The van der Waals surface area contributed by atoms with Gasteiger partial charge in [0.1, 0.15) is 0 Å². The zero-order chi connectivity index (χ0) is 9.00. The molecule has 0 aromatic carbocycles. The Hall–Kier alpha value is 1.05. The van der Waals surface area contributed by atoms with Crippen molar-refractivity contribution in [1.82, 2.24) is 0 Å². The molecule has 0 saturated carbocycles. The van der Waals surface area contributed by atoms with Crippen molar-refractivity contribution in [3.8, 4) is 0 Å². The predicted octanol–water partition coefficient (Wildman–Crippen LogP) is -5.56. The van der Waals surface area contributed by atoms with Gasteiger partial charge >= 0.3 is 40.6 Å². The van der Waals surface area contributed by atoms with Crippen LogP contribution < -0.4 is 18.9 Å². The van der Waals surface area contributed by atoms with Crippen molar-refractivity contribution in [3.05, 3.63) is 0 Å². The van der Waals surface area contributed by atoms with Crippen molar-refractivity contribution in [3.63, 3.8) is 0 Å². The first kappa shape index (κ1) is 23.1. The second-order valence-electron chi connectivity index (χ2n) is 0.816. The molecular weight excluding hydrogens is 247 g/mol. The van der Waals surface area contributed by atoms with Gasteiger partial charge in [-0.3, -0.25) is 16.8 Å². The smallest absolute Gasteiger partial charge is 1.00 e. The Morgan fingerprint density at radius 3 is 0.750 bits per heavy atom. The molecule has 0 bridgehead atoms. The summed E-state index contributed by atoms with van der Waals surface area (Å²) in [7, 11) is -10.3. The summed E-state index contributed by atoms with van der Waals surface area (Å²) in [4.78, 5) is 0. The van der Waals surface area contributed by atoms with Gasteiger partial charge in [0.05, 0.1) is 0 Å². The van der Waals surface area contributed by atoms with E-state index in [1.54, 1.807) is 0 Å². The second kappa shape index (κ2) is 8.64. The summed E-state index contributed by atoms with van der Waals surface area (Å²) in [5, 5.41) is 0. The van der Waals surface area contributed by atoms with Crippen molar-refractivity contribution in [2.45, 2.75) is 0 Å². The summed E-state index contributed by atoms with van der Waals surface area (Å²) in [6.45, 7) is 0. The van der Waals surface area contributed by atoms with Crippen LogP contribution in [0.1, 0.15) is 1.43 Å². The molecule has 0 spiro atoms. The first-order chi connectivity index (χ1) is 4.00. The molecule has 12 heavy (non-hydrogen) atoms. The van der Waals surface area contributed by atoms with Crippen molar-refractivity contribution >= 4 is 20.8 Å². The quantitative estimate of drug-likeness (QED) is 0.233. The number of hydrogen-bond donors (Lipinski definition) is 0. The molecule has 0 aromatic heterocycles. The number of rotatable bonds is 0. The Kier molecular flexibility index (Phi) is 16.7. The SMILES string of the molecule is O=S(=O)([O-])[O-].O=S(=O)([O-])[O-].[H-].[Li+].[Ti+4]. The maximum Gasteiger partial charge on any atom is 4.00 e. The fourth-order valence-corrected chi connectivity index (χ4v) is 0. The third kappa shape index (κ3) is 1010. The van der Waals surface area contributed by atoms with Crippen molar-refractivity contribution < 1.29 is 77.1 Å². The van der Waals surface area contributed by atoms with Crippen LogP contribution in [0.25, 0.3) is 0 Å². The summed E-state index contributed by atoms with van der Waals surface area (Å²) in [6.07, 6.45) is 0. The molecule has 0 rings (SSSR count). The summed E-state index contributed by atoms with van der Waals surface area (Å²) in [5.74, 6) is 0. The topological polar surface area (TPSA) is 161 Å². The summed E-state index contributed by atoms with van der Waals surface area (Å²) >= 11 is 0. The molecule has 0 atom stereocenters. The van der Waals surface area contributed by atoms with E-state index < -0.39 is 20.8 Å². The molecule has 12 heteroatoms. The molecule has 0 aliphatic heterocycles. The summed E-state index contributed by atoms with van der Waals surface area (Å²) in [5.41, 5.74) is 0. The van der Waals surface area contributed by atoms with E-state index in [4.69, 9.17) is 35.0 Å². The van der Waals surface area contributed by atoms with Crippen molar-refractivity contribution in [2.75, 3.05) is 0 Å². The fourth-order valence-electron chi connectivity index (χ4n) is 0. The Bertz CT molecular complexity index is 219. The van der Waals surface area contributed by atoms with E-state index in [1.807, 2.05) is 0 Å². The van der Waals surface area contributed by atoms with Crippen LogP contribution in [-0.4, -0.2) is 35.0 Å². The van der Waals surface area contributed by atoms with Gasteiger partial charge in [0, 0.05) is 20.8 Å². The Morgan fingerprint density at radius 1 is 0.750 bits per heavy atom. The molecule has 0 aliphatic rings. The minimum atomic E-state index is -5.17. The largest absolute Gasteiger partial charge is 4.00 e. The van der Waals surface area contributed by atoms with Gasteiger partial charge in [-0.15, -0.1) is 0 Å². The predicted molar refractivity (Wildman–Crippen MR) is 22.1 cm³/mol. The van der Waals surface area contributed by atoms with E-state index in [1.165, 1.54) is 0 Å². The maximum absolute atomic E-state index is 8.52. The maximum atomic E-state index is 8.52. The van der Waals surface area contributed by atoms with E-state index in [-0.39, 0.29) is 42.0 Å². The van der Waals surface area contributed by atoms with Crippen LogP contribution in [0.4, 0.5) is 0 Å². The Balaban J connectivity index is -0.0000000267. The molecule has 0 radical (unpaired) electrons. The van der Waals surface area contributed by atoms with Crippen LogP contribution in [0.3, 0.4) is 0 Å². The second-order valence-corrected chi connectivity index (χ2v) is 2.45. The molecule has 0 saturated heterocycles. The van der Waals surface area contributed by atoms with Crippen LogP contribution in [0, 0.1) is 0 Å². The van der Waals surface area contributed by atoms with Gasteiger partial charge in [-0.2, -0.15) is 0 Å². The van der Waals surface area contributed by atoms with Crippen LogP contribution in [0.2, 0.25) is 0 Å². The average molecular weight is 248 g/mol. The molecular formula is HLiO8S2Ti. The van der Waals surface area contributed by atoms with Gasteiger partial charge in [0.2, 0.25) is 0 Å². The Labute approximate surface area is 97.4 Å². The third-order valence-corrected chi connectivity index (χ3v) is 0. The third-order valence-electron chi connectivity index (χ3n) is 0. The minimum Gasteiger partial charge on any atom is -1.00 e. The molecule has 0 aromatic rings. The van der Waals surface area contributed by atoms with Gasteiger partial charge < -0.3 is 19.6 Å². The van der Waals surface area contributed by atoms with Gasteiger partial charge in [-0.05, 0) is 0 Å². The molecule has 0 aliphatic carbocycles. The van der Waals surface area contributed by atoms with E-state index in [9.17, 15) is 0 Å². The van der Waals surface area contributed by atoms with E-state index in [2.05, 4.69) is 0 Å². The molecule has 0 fully saturated rings. The van der Waals surface area contributed by atoms with Crippen LogP contribution >= 0.6 is 0 Å². The van der Waals surface area contributed by atoms with Crippen LogP contribution in [0.5, 0.6) is 0 Å². The number of hydrogen-bond acceptors (Lipinski definition) is 8. The zero-order valence-corrected chi connectivity index (χ0v) is 8.78. The van der Waals surface area contributed by atoms with Gasteiger partial charge in [0.25, 0.3) is 0 Å². The van der Waals surface area contributed by atoms with E-state index in [0.717, 1.165) is 0 Å². The standard InChI is InChI=1S/Li.2H2O4S.Ti.H/c;2*1-5(2,3)4;;/h;2*(H2,1,2,3,4);;/q+1;;;+4;-1/p-4. The monoisotopic (exact) mass is 248 g/mol. The van der Waals surface area contributed by atoms with Crippen LogP contribution in [-0.2, 0) is 42.5 Å². The molecule has 0 N–H and O–H groups in total. The fraction of sp³-hybridized carbons (Fsp3) is 0. The zero-order valence-electron chi connectivity index (χ0n) is 6.58. The van der Waals surface area contributed by atoms with E-state index >= 15 is 0 Å². The van der Waals surface area contributed by atoms with Gasteiger partial charge in [-0.25, -0.2) is 0 Å². The molecule has 8 nitrogen and oxygen atoms in total. The average Bonchev–Trinajstić information content (AvgIpc) is 1.12. The molecule has 0 amide bonds. The van der Waals surface area contributed by atoms with Crippen LogP contribution in [0.15, 0.2) is 0 Å². The van der Waals surface area contributed by atoms with Gasteiger partial charge in [-0.1, -0.05) is 0 Å². The van der Waals surface area contributed by atoms with E-state index in [0.29, 0.717) is 0 Å². The minimum absolute atomic E-state index is 0. The summed E-state index contributed by atoms with van der Waals surface area (Å²) < 4.78 is 68.2. The normalized spacial score (nSPS) is 9.67. The summed E-state index contributed by atoms with van der Waals surface area (Å²) in [6, 6.07) is 0. The van der Waals surface area contributed by atoms with Gasteiger partial charge in [0.15, 0.2) is 0 Å². The first-order valence-corrected chi connectivity index (χ1v) is 4.00. The van der Waals surface area contributed by atoms with Crippen molar-refractivity contribution in [2.24, 2.45) is 0 Å². The molecule has 0 unspecified atom stereocenters. The first-order valence-electron chi connectivity index (χ1n) is 1.33. The molecule has 66 valence electrons. The van der Waals surface area contributed by atoms with Crippen molar-refractivity contribution in [1.29, 1.82) is 0 Å². The molecule has 0 heterocycles.